The van der Waals surface area contributed by atoms with Gasteiger partial charge in [-0.05, 0) is 18.6 Å². The van der Waals surface area contributed by atoms with Gasteiger partial charge in [0.1, 0.15) is 6.61 Å². The average Bonchev–Trinajstić information content (AvgIpc) is 2.17. The highest BCUT2D eigenvalue weighted by Gasteiger charge is 2.05. The number of halogens is 1. The molecule has 0 aliphatic heterocycles. The molecule has 0 fully saturated rings. The molecule has 1 aromatic rings. The zero-order chi connectivity index (χ0) is 10.4. The molecular formula is C7H11ClN4O2. The van der Waals surface area contributed by atoms with E-state index in [0.29, 0.717) is 13.2 Å². The molecule has 1 aromatic heterocycles. The van der Waals surface area contributed by atoms with E-state index in [1.165, 1.54) is 7.11 Å². The first-order chi connectivity index (χ1) is 6.76. The quantitative estimate of drug-likeness (QED) is 0.709. The molecule has 1 heterocycles. The molecule has 1 N–H and O–H groups in total. The SMILES string of the molecule is CNCCOc1nc(Cl)nc(OC)n1. The van der Waals surface area contributed by atoms with Crippen LogP contribution in [-0.4, -0.2) is 42.3 Å². The first kappa shape index (κ1) is 10.9. The number of nitrogens with one attached hydrogen (secondary N) is 1. The highest BCUT2D eigenvalue weighted by molar-refractivity contribution is 6.28. The molecule has 0 bridgehead atoms. The van der Waals surface area contributed by atoms with Crippen LogP contribution in [0.3, 0.4) is 0 Å². The van der Waals surface area contributed by atoms with Crippen molar-refractivity contribution in [3.8, 4) is 12.0 Å². The summed E-state index contributed by atoms with van der Waals surface area (Å²) in [6, 6.07) is 0.307. The van der Waals surface area contributed by atoms with Gasteiger partial charge < -0.3 is 14.8 Å². The van der Waals surface area contributed by atoms with Gasteiger partial charge in [-0.3, -0.25) is 0 Å². The predicted octanol–water partition coefficient (Wildman–Crippen LogP) is 0.132. The molecule has 0 unspecified atom stereocenters. The number of rotatable bonds is 5. The Hall–Kier alpha value is -1.14. The Balaban J connectivity index is 2.62. The minimum absolute atomic E-state index is 0.0521. The fraction of sp³-hybridized carbons (Fsp3) is 0.571. The Kier molecular flexibility index (Phi) is 4.34. The first-order valence-corrected chi connectivity index (χ1v) is 4.37. The standard InChI is InChI=1S/C7H11ClN4O2/c1-9-3-4-14-7-11-5(8)10-6(12-7)13-2/h9H,3-4H2,1-2H3. The van der Waals surface area contributed by atoms with Gasteiger partial charge in [-0.15, -0.1) is 4.98 Å². The van der Waals surface area contributed by atoms with Crippen molar-refractivity contribution in [3.05, 3.63) is 5.28 Å². The number of nitrogens with zero attached hydrogens (tertiary/aromatic N) is 3. The molecule has 1 rings (SSSR count). The molecule has 0 radical (unpaired) electrons. The fourth-order valence-electron chi connectivity index (χ4n) is 0.715. The van der Waals surface area contributed by atoms with Crippen molar-refractivity contribution in [2.75, 3.05) is 27.3 Å². The molecule has 0 spiro atoms. The maximum absolute atomic E-state index is 5.60. The van der Waals surface area contributed by atoms with Gasteiger partial charge >= 0.3 is 12.0 Å². The molecule has 0 saturated heterocycles. The normalized spacial score (nSPS) is 9.93. The summed E-state index contributed by atoms with van der Waals surface area (Å²) in [5.41, 5.74) is 0. The summed E-state index contributed by atoms with van der Waals surface area (Å²) in [5.74, 6) is 0. The number of ether oxygens (including phenoxy) is 2. The molecule has 14 heavy (non-hydrogen) atoms. The summed E-state index contributed by atoms with van der Waals surface area (Å²) in [6.45, 7) is 1.16. The lowest BCUT2D eigenvalue weighted by Gasteiger charge is -2.04. The summed E-state index contributed by atoms with van der Waals surface area (Å²) < 4.78 is 9.98. The summed E-state index contributed by atoms with van der Waals surface area (Å²) in [4.78, 5) is 11.3. The van der Waals surface area contributed by atoms with Gasteiger partial charge in [-0.2, -0.15) is 9.97 Å². The molecule has 78 valence electrons. The van der Waals surface area contributed by atoms with E-state index in [1.807, 2.05) is 7.05 Å². The number of aromatic nitrogens is 3. The molecule has 0 aliphatic rings. The van der Waals surface area contributed by atoms with Crippen LogP contribution in [0.15, 0.2) is 0 Å². The predicted molar refractivity (Wildman–Crippen MR) is 50.8 cm³/mol. The smallest absolute Gasteiger partial charge is 0.323 e. The van der Waals surface area contributed by atoms with Gasteiger partial charge in [0.05, 0.1) is 7.11 Å². The Morgan fingerprint density at radius 1 is 1.29 bits per heavy atom. The van der Waals surface area contributed by atoms with Crippen molar-refractivity contribution in [2.24, 2.45) is 0 Å². The fourth-order valence-corrected chi connectivity index (χ4v) is 0.859. The second-order valence-electron chi connectivity index (χ2n) is 2.33. The van der Waals surface area contributed by atoms with Crippen LogP contribution < -0.4 is 14.8 Å². The minimum Gasteiger partial charge on any atom is -0.467 e. The van der Waals surface area contributed by atoms with E-state index in [9.17, 15) is 0 Å². The summed E-state index contributed by atoms with van der Waals surface area (Å²) >= 11 is 5.60. The summed E-state index contributed by atoms with van der Waals surface area (Å²) in [6.07, 6.45) is 0. The maximum atomic E-state index is 5.60. The molecule has 6 nitrogen and oxygen atoms in total. The average molecular weight is 219 g/mol. The van der Waals surface area contributed by atoms with Crippen molar-refractivity contribution < 1.29 is 9.47 Å². The number of likely N-dealkylation sites (N-methyl/N-ethyl adjacent to an activating group) is 1. The van der Waals surface area contributed by atoms with Crippen LogP contribution in [0.4, 0.5) is 0 Å². The van der Waals surface area contributed by atoms with Gasteiger partial charge in [0, 0.05) is 6.54 Å². The second kappa shape index (κ2) is 5.56. The molecule has 0 atom stereocenters. The topological polar surface area (TPSA) is 69.2 Å². The van der Waals surface area contributed by atoms with Crippen molar-refractivity contribution >= 4 is 11.6 Å². The van der Waals surface area contributed by atoms with Crippen molar-refractivity contribution in [2.45, 2.75) is 0 Å². The highest BCUT2D eigenvalue weighted by atomic mass is 35.5. The maximum Gasteiger partial charge on any atom is 0.323 e. The highest BCUT2D eigenvalue weighted by Crippen LogP contribution is 2.11. The number of methoxy groups -OCH3 is 1. The van der Waals surface area contributed by atoms with E-state index in [1.54, 1.807) is 0 Å². The van der Waals surface area contributed by atoms with Gasteiger partial charge in [-0.25, -0.2) is 0 Å². The van der Waals surface area contributed by atoms with Crippen LogP contribution in [0.25, 0.3) is 0 Å². The Bertz CT molecular complexity index is 297. The first-order valence-electron chi connectivity index (χ1n) is 3.99. The second-order valence-corrected chi connectivity index (χ2v) is 2.66. The number of hydrogen-bond donors (Lipinski definition) is 1. The number of hydrogen-bond acceptors (Lipinski definition) is 6. The van der Waals surface area contributed by atoms with Crippen LogP contribution in [0.1, 0.15) is 0 Å². The van der Waals surface area contributed by atoms with Crippen LogP contribution >= 0.6 is 11.6 Å². The zero-order valence-corrected chi connectivity index (χ0v) is 8.71. The van der Waals surface area contributed by atoms with Gasteiger partial charge in [0.2, 0.25) is 5.28 Å². The lowest BCUT2D eigenvalue weighted by atomic mass is 10.7. The van der Waals surface area contributed by atoms with E-state index in [2.05, 4.69) is 20.3 Å². The van der Waals surface area contributed by atoms with Crippen LogP contribution in [-0.2, 0) is 0 Å². The van der Waals surface area contributed by atoms with Crippen LogP contribution in [0.5, 0.6) is 12.0 Å². The lowest BCUT2D eigenvalue weighted by Crippen LogP contribution is -2.17. The van der Waals surface area contributed by atoms with E-state index in [0.717, 1.165) is 0 Å². The zero-order valence-electron chi connectivity index (χ0n) is 7.95. The third-order valence-corrected chi connectivity index (χ3v) is 1.50. The van der Waals surface area contributed by atoms with E-state index in [4.69, 9.17) is 21.1 Å². The third kappa shape index (κ3) is 3.31. The summed E-state index contributed by atoms with van der Waals surface area (Å²) in [5, 5.41) is 2.97. The Labute approximate surface area is 86.6 Å². The van der Waals surface area contributed by atoms with E-state index < -0.39 is 0 Å². The van der Waals surface area contributed by atoms with Crippen molar-refractivity contribution in [1.29, 1.82) is 0 Å². The van der Waals surface area contributed by atoms with Gasteiger partial charge in [0.25, 0.3) is 0 Å². The van der Waals surface area contributed by atoms with Crippen LogP contribution in [0, 0.1) is 0 Å². The molecule has 0 aromatic carbocycles. The van der Waals surface area contributed by atoms with Gasteiger partial charge in [0.15, 0.2) is 0 Å². The molecule has 7 heteroatoms. The van der Waals surface area contributed by atoms with E-state index >= 15 is 0 Å². The van der Waals surface area contributed by atoms with Crippen molar-refractivity contribution in [1.82, 2.24) is 20.3 Å². The van der Waals surface area contributed by atoms with E-state index in [-0.39, 0.29) is 17.3 Å². The largest absolute Gasteiger partial charge is 0.467 e. The monoisotopic (exact) mass is 218 g/mol. The molecule has 0 saturated carbocycles. The minimum atomic E-state index is 0.0521. The molecule has 0 aliphatic carbocycles. The molecular weight excluding hydrogens is 208 g/mol. The molecule has 0 amide bonds. The lowest BCUT2D eigenvalue weighted by molar-refractivity contribution is 0.282. The Morgan fingerprint density at radius 2 is 2.00 bits per heavy atom. The van der Waals surface area contributed by atoms with Crippen molar-refractivity contribution in [3.63, 3.8) is 0 Å². The summed E-state index contributed by atoms with van der Waals surface area (Å²) in [7, 11) is 3.27. The van der Waals surface area contributed by atoms with Crippen LogP contribution in [0.2, 0.25) is 5.28 Å². The van der Waals surface area contributed by atoms with Gasteiger partial charge in [-0.1, -0.05) is 0 Å². The Morgan fingerprint density at radius 3 is 2.64 bits per heavy atom. The third-order valence-electron chi connectivity index (χ3n) is 1.33.